The van der Waals surface area contributed by atoms with E-state index in [2.05, 4.69) is 34.3 Å². The third kappa shape index (κ3) is 3.20. The van der Waals surface area contributed by atoms with Crippen LogP contribution in [0, 0.1) is 5.92 Å². The van der Waals surface area contributed by atoms with Crippen LogP contribution in [0.1, 0.15) is 11.3 Å². The number of aromatic nitrogens is 2. The Morgan fingerprint density at radius 3 is 2.73 bits per heavy atom. The second kappa shape index (κ2) is 6.32. The smallest absolute Gasteiger partial charge is 0.228 e. The van der Waals surface area contributed by atoms with E-state index in [0.717, 1.165) is 19.6 Å². The Morgan fingerprint density at radius 2 is 2.00 bits per heavy atom. The minimum absolute atomic E-state index is 0.0557. The Labute approximate surface area is 131 Å². The van der Waals surface area contributed by atoms with Gasteiger partial charge in [0.2, 0.25) is 5.91 Å². The molecule has 1 aromatic carbocycles. The zero-order valence-corrected chi connectivity index (χ0v) is 13.1. The molecule has 5 nitrogen and oxygen atoms in total. The van der Waals surface area contributed by atoms with Crippen molar-refractivity contribution in [2.75, 3.05) is 20.6 Å². The van der Waals surface area contributed by atoms with E-state index in [0.29, 0.717) is 6.54 Å². The molecule has 1 atom stereocenters. The van der Waals surface area contributed by atoms with Gasteiger partial charge in [-0.1, -0.05) is 30.3 Å². The molecule has 1 aromatic heterocycles. The van der Waals surface area contributed by atoms with Gasteiger partial charge in [-0.05, 0) is 11.6 Å². The van der Waals surface area contributed by atoms with Crippen molar-refractivity contribution in [3.8, 4) is 0 Å². The molecule has 1 aliphatic heterocycles. The molecular formula is C17H22N4O. The van der Waals surface area contributed by atoms with E-state index < -0.39 is 0 Å². The first-order valence-electron chi connectivity index (χ1n) is 7.61. The number of carbonyl (C=O) groups is 1. The van der Waals surface area contributed by atoms with Gasteiger partial charge in [0.15, 0.2) is 0 Å². The van der Waals surface area contributed by atoms with Crippen molar-refractivity contribution < 1.29 is 4.79 Å². The molecule has 2 heterocycles. The molecule has 0 fully saturated rings. The topological polar surface area (TPSA) is 41.4 Å². The lowest BCUT2D eigenvalue weighted by molar-refractivity contribution is -0.134. The highest BCUT2D eigenvalue weighted by molar-refractivity contribution is 5.78. The number of rotatable bonds is 3. The molecule has 116 valence electrons. The van der Waals surface area contributed by atoms with Crippen molar-refractivity contribution in [3.05, 3.63) is 53.9 Å². The number of nitrogens with zero attached hydrogens (tertiary/aromatic N) is 4. The molecule has 5 heteroatoms. The molecule has 1 amide bonds. The Bertz CT molecular complexity index is 635. The van der Waals surface area contributed by atoms with Crippen LogP contribution in [0.15, 0.2) is 42.6 Å². The summed E-state index contributed by atoms with van der Waals surface area (Å²) in [4.78, 5) is 16.5. The predicted molar refractivity (Wildman–Crippen MR) is 85.0 cm³/mol. The summed E-state index contributed by atoms with van der Waals surface area (Å²) in [6.07, 6.45) is 1.82. The van der Waals surface area contributed by atoms with E-state index in [1.807, 2.05) is 37.1 Å². The lowest BCUT2D eigenvalue weighted by atomic mass is 10.1. The maximum Gasteiger partial charge on any atom is 0.228 e. The maximum absolute atomic E-state index is 12.4. The van der Waals surface area contributed by atoms with E-state index in [9.17, 15) is 4.79 Å². The van der Waals surface area contributed by atoms with Crippen molar-refractivity contribution in [2.24, 2.45) is 5.92 Å². The Morgan fingerprint density at radius 1 is 1.23 bits per heavy atom. The molecule has 0 unspecified atom stereocenters. The van der Waals surface area contributed by atoms with Crippen LogP contribution in [0.5, 0.6) is 0 Å². The predicted octanol–water partition coefficient (Wildman–Crippen LogP) is 1.60. The van der Waals surface area contributed by atoms with Gasteiger partial charge in [-0.15, -0.1) is 0 Å². The maximum atomic E-state index is 12.4. The lowest BCUT2D eigenvalue weighted by Crippen LogP contribution is -2.38. The second-order valence-corrected chi connectivity index (χ2v) is 6.09. The summed E-state index contributed by atoms with van der Waals surface area (Å²) < 4.78 is 1.97. The summed E-state index contributed by atoms with van der Waals surface area (Å²) in [5, 5.41) is 4.37. The molecule has 0 radical (unpaired) electrons. The Hall–Kier alpha value is -2.14. The number of hydrogen-bond acceptors (Lipinski definition) is 3. The van der Waals surface area contributed by atoms with Crippen molar-refractivity contribution in [1.29, 1.82) is 0 Å². The standard InChI is InChI=1S/C17H22N4O/c1-19(2)17(22)15-11-20(10-14-6-4-3-5-7-14)13-16-8-9-18-21(16)12-15/h3-9,15H,10-13H2,1-2H3/t15-/m1/s1. The fourth-order valence-corrected chi connectivity index (χ4v) is 3.01. The summed E-state index contributed by atoms with van der Waals surface area (Å²) in [7, 11) is 3.64. The van der Waals surface area contributed by atoms with Crippen LogP contribution >= 0.6 is 0 Å². The van der Waals surface area contributed by atoms with Crippen LogP contribution in [0.25, 0.3) is 0 Å². The van der Waals surface area contributed by atoms with Crippen molar-refractivity contribution >= 4 is 5.91 Å². The van der Waals surface area contributed by atoms with E-state index >= 15 is 0 Å². The lowest BCUT2D eigenvalue weighted by Gasteiger charge is -2.25. The molecule has 22 heavy (non-hydrogen) atoms. The number of fused-ring (bicyclic) bond motifs is 1. The highest BCUT2D eigenvalue weighted by Gasteiger charge is 2.28. The monoisotopic (exact) mass is 298 g/mol. The van der Waals surface area contributed by atoms with Gasteiger partial charge in [-0.3, -0.25) is 14.4 Å². The van der Waals surface area contributed by atoms with Crippen LogP contribution < -0.4 is 0 Å². The fraction of sp³-hybridized carbons (Fsp3) is 0.412. The highest BCUT2D eigenvalue weighted by Crippen LogP contribution is 2.19. The molecule has 0 saturated carbocycles. The molecule has 0 spiro atoms. The van der Waals surface area contributed by atoms with E-state index in [1.165, 1.54) is 11.3 Å². The highest BCUT2D eigenvalue weighted by atomic mass is 16.2. The minimum atomic E-state index is -0.0557. The number of amides is 1. The first kappa shape index (κ1) is 14.8. The minimum Gasteiger partial charge on any atom is -0.348 e. The van der Waals surface area contributed by atoms with Crippen molar-refractivity contribution in [3.63, 3.8) is 0 Å². The summed E-state index contributed by atoms with van der Waals surface area (Å²) in [6.45, 7) is 3.09. The SMILES string of the molecule is CN(C)C(=O)[C@@H]1CN(Cc2ccccc2)Cc2ccnn2C1. The Kier molecular flexibility index (Phi) is 4.24. The van der Waals surface area contributed by atoms with E-state index in [1.54, 1.807) is 4.90 Å². The van der Waals surface area contributed by atoms with Gasteiger partial charge in [-0.2, -0.15) is 5.10 Å². The largest absolute Gasteiger partial charge is 0.348 e. The van der Waals surface area contributed by atoms with Gasteiger partial charge < -0.3 is 4.90 Å². The van der Waals surface area contributed by atoms with Crippen LogP contribution in [0.4, 0.5) is 0 Å². The molecule has 3 rings (SSSR count). The summed E-state index contributed by atoms with van der Waals surface area (Å²) >= 11 is 0. The average molecular weight is 298 g/mol. The van der Waals surface area contributed by atoms with Gasteiger partial charge >= 0.3 is 0 Å². The number of benzene rings is 1. The van der Waals surface area contributed by atoms with Gasteiger partial charge in [0.05, 0.1) is 18.2 Å². The molecule has 1 aliphatic rings. The first-order valence-corrected chi connectivity index (χ1v) is 7.61. The van der Waals surface area contributed by atoms with Gasteiger partial charge in [0.1, 0.15) is 0 Å². The summed E-state index contributed by atoms with van der Waals surface area (Å²) in [6, 6.07) is 12.4. The van der Waals surface area contributed by atoms with E-state index in [-0.39, 0.29) is 11.8 Å². The summed E-state index contributed by atoms with van der Waals surface area (Å²) in [5.41, 5.74) is 2.44. The normalized spacial score (nSPS) is 18.5. The fourth-order valence-electron chi connectivity index (χ4n) is 3.01. The molecule has 2 aromatic rings. The van der Waals surface area contributed by atoms with Gasteiger partial charge in [0.25, 0.3) is 0 Å². The number of carbonyl (C=O) groups excluding carboxylic acids is 1. The Balaban J connectivity index is 1.82. The zero-order chi connectivity index (χ0) is 15.5. The first-order chi connectivity index (χ1) is 10.6. The van der Waals surface area contributed by atoms with Crippen molar-refractivity contribution in [1.82, 2.24) is 19.6 Å². The third-order valence-corrected chi connectivity index (χ3v) is 4.10. The van der Waals surface area contributed by atoms with Crippen LogP contribution in [0.2, 0.25) is 0 Å². The van der Waals surface area contributed by atoms with Crippen LogP contribution in [-0.2, 0) is 24.4 Å². The van der Waals surface area contributed by atoms with Crippen LogP contribution in [0.3, 0.4) is 0 Å². The summed E-state index contributed by atoms with van der Waals surface area (Å²) in [5.74, 6) is 0.112. The third-order valence-electron chi connectivity index (χ3n) is 4.10. The van der Waals surface area contributed by atoms with Gasteiger partial charge in [0, 0.05) is 39.9 Å². The van der Waals surface area contributed by atoms with Crippen LogP contribution in [-0.4, -0.2) is 46.1 Å². The zero-order valence-electron chi connectivity index (χ0n) is 13.1. The molecule has 0 aliphatic carbocycles. The number of hydrogen-bond donors (Lipinski definition) is 0. The second-order valence-electron chi connectivity index (χ2n) is 6.09. The molecule has 0 N–H and O–H groups in total. The van der Waals surface area contributed by atoms with Crippen molar-refractivity contribution in [2.45, 2.75) is 19.6 Å². The average Bonchev–Trinajstić information content (AvgIpc) is 2.86. The van der Waals surface area contributed by atoms with Gasteiger partial charge in [-0.25, -0.2) is 0 Å². The van der Waals surface area contributed by atoms with E-state index in [4.69, 9.17) is 0 Å². The molecule has 0 bridgehead atoms. The molecular weight excluding hydrogens is 276 g/mol. The molecule has 0 saturated heterocycles. The quantitative estimate of drug-likeness (QED) is 0.864.